The fourth-order valence-electron chi connectivity index (χ4n) is 2.84. The predicted octanol–water partition coefficient (Wildman–Crippen LogP) is 1.90. The van der Waals surface area contributed by atoms with Crippen molar-refractivity contribution in [3.05, 3.63) is 17.0 Å². The van der Waals surface area contributed by atoms with Gasteiger partial charge in [0.2, 0.25) is 5.91 Å². The van der Waals surface area contributed by atoms with Crippen LogP contribution in [0.4, 0.5) is 0 Å². The van der Waals surface area contributed by atoms with Crippen LogP contribution in [0.15, 0.2) is 10.6 Å². The van der Waals surface area contributed by atoms with Crippen molar-refractivity contribution in [2.24, 2.45) is 5.92 Å². The minimum Gasteiger partial charge on any atom is -0.389 e. The molecule has 1 N–H and O–H groups in total. The Morgan fingerprint density at radius 1 is 1.68 bits per heavy atom. The van der Waals surface area contributed by atoms with Crippen molar-refractivity contribution in [2.45, 2.75) is 38.2 Å². The van der Waals surface area contributed by atoms with Crippen molar-refractivity contribution < 1.29 is 19.2 Å². The highest BCUT2D eigenvalue weighted by Gasteiger charge is 2.39. The first-order chi connectivity index (χ1) is 10.4. The van der Waals surface area contributed by atoms with E-state index in [9.17, 15) is 9.90 Å². The van der Waals surface area contributed by atoms with Crippen LogP contribution in [-0.2, 0) is 16.0 Å². The molecule has 1 aromatic heterocycles. The predicted molar refractivity (Wildman–Crippen MR) is 81.6 cm³/mol. The molecule has 22 heavy (non-hydrogen) atoms. The van der Waals surface area contributed by atoms with Gasteiger partial charge in [0, 0.05) is 51.6 Å². The van der Waals surface area contributed by atoms with Gasteiger partial charge in [-0.15, -0.1) is 0 Å². The summed E-state index contributed by atoms with van der Waals surface area (Å²) in [5.41, 5.74) is -0.745. The van der Waals surface area contributed by atoms with E-state index in [-0.39, 0.29) is 11.8 Å². The van der Waals surface area contributed by atoms with E-state index >= 15 is 0 Å². The Balaban J connectivity index is 1.83. The number of amides is 1. The molecule has 0 aromatic carbocycles. The van der Waals surface area contributed by atoms with Gasteiger partial charge in [-0.25, -0.2) is 0 Å². The summed E-state index contributed by atoms with van der Waals surface area (Å²) in [6.07, 6.45) is 2.02. The van der Waals surface area contributed by atoms with E-state index < -0.39 is 5.60 Å². The molecule has 0 saturated carbocycles. The summed E-state index contributed by atoms with van der Waals surface area (Å²) < 4.78 is 10.0. The summed E-state index contributed by atoms with van der Waals surface area (Å²) in [5, 5.41) is 14.5. The Kier molecular flexibility index (Phi) is 5.83. The zero-order valence-electron chi connectivity index (χ0n) is 13.0. The number of ether oxygens (including phenoxy) is 1. The molecule has 2 rings (SSSR count). The van der Waals surface area contributed by atoms with Crippen molar-refractivity contribution in [2.75, 3.05) is 26.8 Å². The second kappa shape index (κ2) is 7.44. The molecule has 6 nitrogen and oxygen atoms in total. The summed E-state index contributed by atoms with van der Waals surface area (Å²) in [6.45, 7) is 3.64. The molecule has 7 heteroatoms. The average molecular weight is 331 g/mol. The maximum Gasteiger partial charge on any atom is 0.223 e. The van der Waals surface area contributed by atoms with Crippen molar-refractivity contribution in [1.29, 1.82) is 0 Å². The van der Waals surface area contributed by atoms with E-state index in [0.29, 0.717) is 56.3 Å². The van der Waals surface area contributed by atoms with Crippen LogP contribution in [-0.4, -0.2) is 53.5 Å². The van der Waals surface area contributed by atoms with Gasteiger partial charge >= 0.3 is 0 Å². The first-order valence-electron chi connectivity index (χ1n) is 7.55. The van der Waals surface area contributed by atoms with Crippen LogP contribution in [0.3, 0.4) is 0 Å². The van der Waals surface area contributed by atoms with E-state index in [1.807, 2.05) is 11.8 Å². The van der Waals surface area contributed by atoms with Crippen LogP contribution in [0.25, 0.3) is 0 Å². The maximum atomic E-state index is 12.3. The fraction of sp³-hybridized carbons (Fsp3) is 0.733. The highest BCUT2D eigenvalue weighted by atomic mass is 35.5. The van der Waals surface area contributed by atoms with Gasteiger partial charge in [-0.2, -0.15) is 0 Å². The van der Waals surface area contributed by atoms with Gasteiger partial charge in [-0.05, 0) is 12.8 Å². The zero-order chi connectivity index (χ0) is 16.2. The quantitative estimate of drug-likeness (QED) is 0.862. The number of methoxy groups -OCH3 is 1. The minimum atomic E-state index is -0.745. The van der Waals surface area contributed by atoms with Gasteiger partial charge in [0.15, 0.2) is 5.15 Å². The zero-order valence-corrected chi connectivity index (χ0v) is 13.8. The average Bonchev–Trinajstić information content (AvgIpc) is 2.91. The number of halogens is 1. The number of likely N-dealkylation sites (tertiary alicyclic amines) is 1. The number of carbonyl (C=O) groups excluding carboxylic acids is 1. The molecule has 0 radical (unpaired) electrons. The lowest BCUT2D eigenvalue weighted by Gasteiger charge is -2.43. The smallest absolute Gasteiger partial charge is 0.223 e. The third kappa shape index (κ3) is 4.21. The SMILES string of the molecule is COCC[C@]1(O)CCN(C(=O)CCc2cc(Cl)no2)C[C@H]1C. The lowest BCUT2D eigenvalue weighted by Crippen LogP contribution is -2.52. The van der Waals surface area contributed by atoms with Crippen molar-refractivity contribution in [3.8, 4) is 0 Å². The van der Waals surface area contributed by atoms with Gasteiger partial charge in [0.1, 0.15) is 5.76 Å². The van der Waals surface area contributed by atoms with Gasteiger partial charge in [-0.1, -0.05) is 23.7 Å². The number of carbonyl (C=O) groups is 1. The van der Waals surface area contributed by atoms with Gasteiger partial charge in [-0.3, -0.25) is 4.79 Å². The van der Waals surface area contributed by atoms with E-state index in [0.717, 1.165) is 0 Å². The van der Waals surface area contributed by atoms with Crippen LogP contribution >= 0.6 is 11.6 Å². The Bertz CT molecular complexity index is 507. The Morgan fingerprint density at radius 2 is 2.45 bits per heavy atom. The van der Waals surface area contributed by atoms with Crippen molar-refractivity contribution >= 4 is 17.5 Å². The normalized spacial score (nSPS) is 25.5. The number of aromatic nitrogens is 1. The summed E-state index contributed by atoms with van der Waals surface area (Å²) in [7, 11) is 1.63. The largest absolute Gasteiger partial charge is 0.389 e. The van der Waals surface area contributed by atoms with Crippen LogP contribution < -0.4 is 0 Å². The lowest BCUT2D eigenvalue weighted by molar-refractivity contribution is -0.140. The second-order valence-electron chi connectivity index (χ2n) is 5.95. The number of aliphatic hydroxyl groups is 1. The Labute approximate surface area is 135 Å². The molecule has 0 bridgehead atoms. The first kappa shape index (κ1) is 17.2. The van der Waals surface area contributed by atoms with Crippen molar-refractivity contribution in [1.82, 2.24) is 10.1 Å². The molecule has 0 aliphatic carbocycles. The number of piperidine rings is 1. The van der Waals surface area contributed by atoms with E-state index in [1.54, 1.807) is 13.2 Å². The molecule has 1 aliphatic heterocycles. The van der Waals surface area contributed by atoms with Gasteiger partial charge in [0.05, 0.1) is 5.60 Å². The molecular weight excluding hydrogens is 308 g/mol. The molecule has 0 unspecified atom stereocenters. The summed E-state index contributed by atoms with van der Waals surface area (Å²) in [4.78, 5) is 14.1. The second-order valence-corrected chi connectivity index (χ2v) is 6.34. The molecule has 1 fully saturated rings. The maximum absolute atomic E-state index is 12.3. The molecule has 2 heterocycles. The topological polar surface area (TPSA) is 75.8 Å². The summed E-state index contributed by atoms with van der Waals surface area (Å²) in [6, 6.07) is 1.62. The molecule has 1 saturated heterocycles. The number of hydrogen-bond acceptors (Lipinski definition) is 5. The van der Waals surface area contributed by atoms with Gasteiger partial charge < -0.3 is 19.3 Å². The Morgan fingerprint density at radius 3 is 3.05 bits per heavy atom. The summed E-state index contributed by atoms with van der Waals surface area (Å²) in [5.74, 6) is 0.702. The molecule has 124 valence electrons. The molecule has 0 spiro atoms. The molecule has 1 aromatic rings. The van der Waals surface area contributed by atoms with Crippen LogP contribution in [0.5, 0.6) is 0 Å². The number of aryl methyl sites for hydroxylation is 1. The molecule has 2 atom stereocenters. The van der Waals surface area contributed by atoms with Gasteiger partial charge in [0.25, 0.3) is 0 Å². The monoisotopic (exact) mass is 330 g/mol. The molecule has 1 aliphatic rings. The van der Waals surface area contributed by atoms with E-state index in [2.05, 4.69) is 5.16 Å². The summed E-state index contributed by atoms with van der Waals surface area (Å²) >= 11 is 5.68. The highest BCUT2D eigenvalue weighted by molar-refractivity contribution is 6.29. The van der Waals surface area contributed by atoms with E-state index in [4.69, 9.17) is 20.9 Å². The Hall–Kier alpha value is -1.11. The fourth-order valence-corrected chi connectivity index (χ4v) is 2.99. The highest BCUT2D eigenvalue weighted by Crippen LogP contribution is 2.31. The van der Waals surface area contributed by atoms with Crippen LogP contribution in [0, 0.1) is 5.92 Å². The number of rotatable bonds is 6. The number of nitrogens with zero attached hydrogens (tertiary/aromatic N) is 2. The standard InChI is InChI=1S/C15H23ClN2O4/c1-11-10-18(7-5-15(11,20)6-8-21-2)14(19)4-3-12-9-13(16)17-22-12/h9,11,20H,3-8,10H2,1-2H3/t11-,15-/m1/s1. The van der Waals surface area contributed by atoms with Crippen LogP contribution in [0.1, 0.15) is 31.9 Å². The molecular formula is C15H23ClN2O4. The third-order valence-electron chi connectivity index (χ3n) is 4.43. The number of hydrogen-bond donors (Lipinski definition) is 1. The molecule has 1 amide bonds. The lowest BCUT2D eigenvalue weighted by atomic mass is 9.80. The van der Waals surface area contributed by atoms with E-state index in [1.165, 1.54) is 0 Å². The van der Waals surface area contributed by atoms with Crippen molar-refractivity contribution in [3.63, 3.8) is 0 Å². The minimum absolute atomic E-state index is 0.0278. The van der Waals surface area contributed by atoms with Crippen LogP contribution in [0.2, 0.25) is 5.15 Å². The third-order valence-corrected chi connectivity index (χ3v) is 4.61. The first-order valence-corrected chi connectivity index (χ1v) is 7.92.